The van der Waals surface area contributed by atoms with Crippen LogP contribution in [0.15, 0.2) is 51.6 Å². The lowest BCUT2D eigenvalue weighted by Crippen LogP contribution is -2.63. The molecule has 2 aliphatic heterocycles. The lowest BCUT2D eigenvalue weighted by Gasteiger charge is -2.35. The van der Waals surface area contributed by atoms with E-state index in [0.29, 0.717) is 22.5 Å². The van der Waals surface area contributed by atoms with Gasteiger partial charge in [-0.05, 0) is 12.1 Å². The van der Waals surface area contributed by atoms with E-state index in [4.69, 9.17) is 4.42 Å². The van der Waals surface area contributed by atoms with Crippen LogP contribution in [0.2, 0.25) is 0 Å². The number of carbonyl (C=O) groups is 2. The second-order valence-electron chi connectivity index (χ2n) is 5.67. The number of likely N-dealkylation sites (N-methyl/N-ethyl adjacent to an activating group) is 1. The maximum atomic E-state index is 12.3. The van der Waals surface area contributed by atoms with Crippen LogP contribution in [0.25, 0.3) is 11.1 Å². The molecule has 1 fully saturated rings. The topological polar surface area (TPSA) is 91.0 Å². The van der Waals surface area contributed by atoms with E-state index >= 15 is 0 Å². The first-order valence-electron chi connectivity index (χ1n) is 7.65. The van der Waals surface area contributed by atoms with Crippen LogP contribution in [0.5, 0.6) is 0 Å². The lowest BCUT2D eigenvalue weighted by molar-refractivity contribution is -0.126. The summed E-state index contributed by atoms with van der Waals surface area (Å²) in [5, 5.41) is 3.35. The molecule has 0 aliphatic carbocycles. The molecule has 25 heavy (non-hydrogen) atoms. The summed E-state index contributed by atoms with van der Waals surface area (Å²) < 4.78 is 5.72. The summed E-state index contributed by atoms with van der Waals surface area (Å²) in [5.41, 5.74) is 1.43. The van der Waals surface area contributed by atoms with Crippen LogP contribution in [0.4, 0.5) is 4.79 Å². The molecule has 0 saturated carbocycles. The van der Waals surface area contributed by atoms with E-state index in [1.165, 1.54) is 16.7 Å². The molecule has 0 bridgehead atoms. The molecule has 3 amide bonds. The van der Waals surface area contributed by atoms with Crippen LogP contribution < -0.4 is 5.32 Å². The summed E-state index contributed by atoms with van der Waals surface area (Å²) in [7, 11) is 1.61. The van der Waals surface area contributed by atoms with Crippen molar-refractivity contribution >= 4 is 40.0 Å². The third-order valence-electron chi connectivity index (χ3n) is 4.10. The van der Waals surface area contributed by atoms with E-state index in [9.17, 15) is 9.59 Å². The smallest absolute Gasteiger partial charge is 0.325 e. The van der Waals surface area contributed by atoms with Crippen LogP contribution in [0, 0.1) is 0 Å². The third kappa shape index (κ3) is 2.56. The van der Waals surface area contributed by atoms with Crippen LogP contribution in [0.3, 0.4) is 0 Å². The molecule has 2 unspecified atom stereocenters. The molecule has 1 aromatic carbocycles. The number of nitrogens with one attached hydrogen (secondary N) is 1. The molecule has 8 nitrogen and oxygen atoms in total. The lowest BCUT2D eigenvalue weighted by atomic mass is 10.1. The number of aliphatic imine (C=N–C) groups is 1. The Morgan fingerprint density at radius 3 is 2.96 bits per heavy atom. The van der Waals surface area contributed by atoms with Gasteiger partial charge in [0.05, 0.1) is 0 Å². The van der Waals surface area contributed by atoms with Crippen molar-refractivity contribution in [2.45, 2.75) is 17.4 Å². The highest BCUT2D eigenvalue weighted by atomic mass is 32.2. The van der Waals surface area contributed by atoms with Gasteiger partial charge in [0.15, 0.2) is 23.0 Å². The van der Waals surface area contributed by atoms with Crippen LogP contribution >= 0.6 is 11.8 Å². The molecule has 4 rings (SSSR count). The van der Waals surface area contributed by atoms with E-state index in [1.807, 2.05) is 24.3 Å². The molecule has 1 N–H and O–H groups in total. The minimum Gasteiger partial charge on any atom is -0.431 e. The van der Waals surface area contributed by atoms with Crippen molar-refractivity contribution in [3.63, 3.8) is 0 Å². The zero-order valence-corrected chi connectivity index (χ0v) is 14.2. The van der Waals surface area contributed by atoms with Gasteiger partial charge in [0.2, 0.25) is 0 Å². The fraction of sp³-hybridized carbons (Fsp3) is 0.250. The van der Waals surface area contributed by atoms with E-state index in [2.05, 4.69) is 21.9 Å². The summed E-state index contributed by atoms with van der Waals surface area (Å²) in [6.07, 6.45) is 1.11. The normalized spacial score (nSPS) is 22.8. The van der Waals surface area contributed by atoms with Gasteiger partial charge in [0.25, 0.3) is 11.1 Å². The standard InChI is InChI=1S/C16H15N5O3S/c1-3-8-21-11-12(20(2)14(23)19-13(11)22)18-15(21)25-16-17-9-6-4-5-7-10(9)24-16/h3-7,11-12H,1,8H2,2H3,(H,19,22,23). The first kappa shape index (κ1) is 15.7. The molecule has 128 valence electrons. The maximum Gasteiger partial charge on any atom is 0.325 e. The van der Waals surface area contributed by atoms with Gasteiger partial charge >= 0.3 is 6.03 Å². The number of aromatic nitrogens is 1. The molecule has 1 saturated heterocycles. The number of thioether (sulfide) groups is 1. The Kier molecular flexibility index (Phi) is 3.72. The first-order chi connectivity index (χ1) is 12.1. The molecular formula is C16H15N5O3S. The third-order valence-corrected chi connectivity index (χ3v) is 4.97. The Hall–Kier alpha value is -2.81. The zero-order valence-electron chi connectivity index (χ0n) is 13.4. The summed E-state index contributed by atoms with van der Waals surface area (Å²) in [6.45, 7) is 4.16. The second-order valence-corrected chi connectivity index (χ2v) is 6.58. The van der Waals surface area contributed by atoms with Crippen molar-refractivity contribution in [3.8, 4) is 0 Å². The minimum atomic E-state index is -0.590. The number of rotatable bonds is 3. The van der Waals surface area contributed by atoms with E-state index < -0.39 is 18.2 Å². The highest BCUT2D eigenvalue weighted by molar-refractivity contribution is 8.13. The van der Waals surface area contributed by atoms with Crippen molar-refractivity contribution < 1.29 is 14.0 Å². The predicted octanol–water partition coefficient (Wildman–Crippen LogP) is 1.65. The number of hydrogen-bond acceptors (Lipinski definition) is 7. The molecule has 3 heterocycles. The summed E-state index contributed by atoms with van der Waals surface area (Å²) in [6, 6.07) is 6.41. The number of amidine groups is 1. The maximum absolute atomic E-state index is 12.3. The molecule has 0 radical (unpaired) electrons. The van der Waals surface area contributed by atoms with Gasteiger partial charge in [-0.15, -0.1) is 6.58 Å². The fourth-order valence-corrected chi connectivity index (χ4v) is 3.79. The molecule has 1 aromatic heterocycles. The Morgan fingerprint density at radius 2 is 2.20 bits per heavy atom. The van der Waals surface area contributed by atoms with Crippen molar-refractivity contribution in [1.29, 1.82) is 0 Å². The number of benzene rings is 1. The quantitative estimate of drug-likeness (QED) is 0.840. The van der Waals surface area contributed by atoms with E-state index in [-0.39, 0.29) is 5.91 Å². The molecule has 2 aromatic rings. The highest BCUT2D eigenvalue weighted by Gasteiger charge is 2.48. The van der Waals surface area contributed by atoms with E-state index in [0.717, 1.165) is 5.52 Å². The van der Waals surface area contributed by atoms with Gasteiger partial charge in [-0.2, -0.15) is 0 Å². The number of oxazole rings is 1. The summed E-state index contributed by atoms with van der Waals surface area (Å²) in [5.74, 6) is -0.369. The van der Waals surface area contributed by atoms with Crippen molar-refractivity contribution in [3.05, 3.63) is 36.9 Å². The number of imide groups is 1. The number of carbonyl (C=O) groups excluding carboxylic acids is 2. The van der Waals surface area contributed by atoms with Gasteiger partial charge in [0, 0.05) is 25.4 Å². The zero-order chi connectivity index (χ0) is 17.6. The van der Waals surface area contributed by atoms with Gasteiger partial charge in [0.1, 0.15) is 5.52 Å². The van der Waals surface area contributed by atoms with Crippen molar-refractivity contribution in [2.24, 2.45) is 4.99 Å². The Bertz CT molecular complexity index is 875. The minimum absolute atomic E-state index is 0.369. The second kappa shape index (κ2) is 5.92. The van der Waals surface area contributed by atoms with E-state index in [1.54, 1.807) is 18.0 Å². The average molecular weight is 357 g/mol. The Morgan fingerprint density at radius 1 is 1.40 bits per heavy atom. The number of hydrogen-bond donors (Lipinski definition) is 1. The highest BCUT2D eigenvalue weighted by Crippen LogP contribution is 2.32. The van der Waals surface area contributed by atoms with Crippen LogP contribution in [-0.4, -0.2) is 57.7 Å². The van der Waals surface area contributed by atoms with Gasteiger partial charge in [-0.3, -0.25) is 10.1 Å². The summed E-state index contributed by atoms with van der Waals surface area (Å²) in [4.78, 5) is 36.3. The van der Waals surface area contributed by atoms with Crippen molar-refractivity contribution in [1.82, 2.24) is 20.1 Å². The first-order valence-corrected chi connectivity index (χ1v) is 8.46. The number of nitrogens with zero attached hydrogens (tertiary/aromatic N) is 4. The van der Waals surface area contributed by atoms with Gasteiger partial charge < -0.3 is 14.2 Å². The predicted molar refractivity (Wildman–Crippen MR) is 93.1 cm³/mol. The Labute approximate surface area is 147 Å². The summed E-state index contributed by atoms with van der Waals surface area (Å²) >= 11 is 1.23. The molecule has 0 spiro atoms. The fourth-order valence-electron chi connectivity index (χ4n) is 2.89. The molecule has 2 atom stereocenters. The van der Waals surface area contributed by atoms with Crippen molar-refractivity contribution in [2.75, 3.05) is 13.6 Å². The van der Waals surface area contributed by atoms with Crippen LogP contribution in [0.1, 0.15) is 0 Å². The monoisotopic (exact) mass is 357 g/mol. The molecule has 9 heteroatoms. The largest absolute Gasteiger partial charge is 0.431 e. The molecule has 2 aliphatic rings. The number of urea groups is 1. The SMILES string of the molecule is C=CCN1C(Sc2nc3ccccc3o2)=NC2C1C(=O)NC(=O)N2C. The number of para-hydroxylation sites is 2. The molecular weight excluding hydrogens is 342 g/mol. The number of amides is 3. The number of fused-ring (bicyclic) bond motifs is 2. The van der Waals surface area contributed by atoms with Gasteiger partial charge in [-0.1, -0.05) is 18.2 Å². The average Bonchev–Trinajstić information content (AvgIpc) is 3.15. The van der Waals surface area contributed by atoms with Gasteiger partial charge in [-0.25, -0.2) is 14.8 Å². The van der Waals surface area contributed by atoms with Crippen LogP contribution in [-0.2, 0) is 4.79 Å². The Balaban J connectivity index is 1.67.